The first-order chi connectivity index (χ1) is 14.7. The molecule has 1 aromatic rings. The van der Waals surface area contributed by atoms with Crippen LogP contribution in [-0.4, -0.2) is 70.6 Å². The third-order valence-corrected chi connectivity index (χ3v) is 9.18. The topological polar surface area (TPSA) is 133 Å². The molecule has 3 rings (SSSR count). The molecule has 2 N–H and O–H groups in total. The number of sulfonamides is 1. The molecule has 1 heterocycles. The Morgan fingerprint density at radius 2 is 1.68 bits per heavy atom. The lowest BCUT2D eigenvalue weighted by molar-refractivity contribution is -0.137. The molecular formula is C19H31N5O5S2. The second-order valence-electron chi connectivity index (χ2n) is 8.57. The maximum Gasteiger partial charge on any atom is 0.324 e. The van der Waals surface area contributed by atoms with Gasteiger partial charge in [0.2, 0.25) is 9.47 Å². The second kappa shape index (κ2) is 10.2. The minimum absolute atomic E-state index is 0.0947. The number of hydrogen-bond acceptors (Lipinski definition) is 7. The van der Waals surface area contributed by atoms with Gasteiger partial charge in [0, 0.05) is 19.1 Å². The summed E-state index contributed by atoms with van der Waals surface area (Å²) in [4.78, 5) is 26.0. The fraction of sp³-hybridized carbons (Fsp3) is 0.789. The Hall–Kier alpha value is -1.79. The molecule has 174 valence electrons. The summed E-state index contributed by atoms with van der Waals surface area (Å²) in [7, 11) is -2.92. The quantitative estimate of drug-likeness (QED) is 0.582. The molecule has 2 aliphatic rings. The number of nitrogens with zero attached hydrogens (tertiary/aromatic N) is 4. The van der Waals surface area contributed by atoms with E-state index in [1.165, 1.54) is 6.42 Å². The van der Waals surface area contributed by atoms with Crippen molar-refractivity contribution in [3.05, 3.63) is 0 Å². The molecule has 0 aromatic carbocycles. The first-order valence-corrected chi connectivity index (χ1v) is 13.0. The van der Waals surface area contributed by atoms with E-state index in [-0.39, 0.29) is 27.6 Å². The maximum atomic E-state index is 13.2. The third kappa shape index (κ3) is 5.92. The first kappa shape index (κ1) is 23.9. The molecule has 31 heavy (non-hydrogen) atoms. The summed E-state index contributed by atoms with van der Waals surface area (Å²) in [6.07, 6.45) is 9.50. The zero-order valence-corrected chi connectivity index (χ0v) is 19.6. The lowest BCUT2D eigenvalue weighted by atomic mass is 9.84. The van der Waals surface area contributed by atoms with E-state index in [9.17, 15) is 18.0 Å². The zero-order valence-electron chi connectivity index (χ0n) is 18.0. The summed E-state index contributed by atoms with van der Waals surface area (Å²) in [6.45, 7) is 1.56. The highest BCUT2D eigenvalue weighted by Crippen LogP contribution is 2.33. The molecule has 1 aromatic heterocycles. The molecule has 0 spiro atoms. The van der Waals surface area contributed by atoms with E-state index in [2.05, 4.69) is 22.4 Å². The van der Waals surface area contributed by atoms with Gasteiger partial charge in [-0.3, -0.25) is 10.1 Å². The summed E-state index contributed by atoms with van der Waals surface area (Å²) in [5, 5.41) is 19.2. The minimum Gasteiger partial charge on any atom is -0.480 e. The lowest BCUT2D eigenvalue weighted by Gasteiger charge is -2.42. The molecule has 10 nitrogen and oxygen atoms in total. The Bertz CT molecular complexity index is 876. The van der Waals surface area contributed by atoms with E-state index in [0.29, 0.717) is 10.2 Å². The molecule has 0 atom stereocenters. The van der Waals surface area contributed by atoms with Crippen LogP contribution in [0.4, 0.5) is 9.93 Å². The SMILES string of the molecule is CC1CCC(N(C(=O)Nc2nnc(S(=O)(=O)N(C)CC(=O)O)s2)C2CCCCC2)CC1. The molecule has 0 bridgehead atoms. The first-order valence-electron chi connectivity index (χ1n) is 10.8. The minimum atomic E-state index is -4.08. The van der Waals surface area contributed by atoms with Gasteiger partial charge in [0.05, 0.1) is 0 Å². The van der Waals surface area contributed by atoms with Crippen LogP contribution in [0.1, 0.15) is 64.7 Å². The van der Waals surface area contributed by atoms with Crippen LogP contribution in [0, 0.1) is 5.92 Å². The second-order valence-corrected chi connectivity index (χ2v) is 11.8. The van der Waals surface area contributed by atoms with Gasteiger partial charge in [-0.05, 0) is 44.4 Å². The predicted molar refractivity (Wildman–Crippen MR) is 117 cm³/mol. The number of rotatable bonds is 7. The Morgan fingerprint density at radius 1 is 1.06 bits per heavy atom. The van der Waals surface area contributed by atoms with Crippen molar-refractivity contribution in [1.82, 2.24) is 19.4 Å². The number of carbonyl (C=O) groups is 2. The maximum absolute atomic E-state index is 13.2. The number of urea groups is 1. The van der Waals surface area contributed by atoms with Crippen LogP contribution in [0.15, 0.2) is 4.34 Å². The van der Waals surface area contributed by atoms with Crippen LogP contribution in [0.3, 0.4) is 0 Å². The van der Waals surface area contributed by atoms with Crippen LogP contribution in [0.2, 0.25) is 0 Å². The van der Waals surface area contributed by atoms with E-state index < -0.39 is 22.5 Å². The molecule has 0 radical (unpaired) electrons. The Morgan fingerprint density at radius 3 is 2.29 bits per heavy atom. The molecule has 0 aliphatic heterocycles. The highest BCUT2D eigenvalue weighted by atomic mass is 32.2. The molecule has 2 aliphatic carbocycles. The molecule has 2 saturated carbocycles. The smallest absolute Gasteiger partial charge is 0.324 e. The van der Waals surface area contributed by atoms with Gasteiger partial charge in [-0.2, -0.15) is 4.31 Å². The van der Waals surface area contributed by atoms with Gasteiger partial charge < -0.3 is 10.0 Å². The number of nitrogens with one attached hydrogen (secondary N) is 1. The average molecular weight is 474 g/mol. The van der Waals surface area contributed by atoms with Gasteiger partial charge in [-0.25, -0.2) is 13.2 Å². The number of aliphatic carboxylic acids is 1. The lowest BCUT2D eigenvalue weighted by Crippen LogP contribution is -2.51. The van der Waals surface area contributed by atoms with Gasteiger partial charge in [0.25, 0.3) is 10.0 Å². The number of carboxylic acids is 1. The van der Waals surface area contributed by atoms with Crippen molar-refractivity contribution >= 4 is 38.5 Å². The van der Waals surface area contributed by atoms with Crippen LogP contribution in [0.25, 0.3) is 0 Å². The van der Waals surface area contributed by atoms with E-state index in [0.717, 1.165) is 69.8 Å². The third-order valence-electron chi connectivity index (χ3n) is 6.19. The van der Waals surface area contributed by atoms with Crippen LogP contribution < -0.4 is 5.32 Å². The van der Waals surface area contributed by atoms with Crippen molar-refractivity contribution in [2.45, 2.75) is 81.1 Å². The summed E-state index contributed by atoms with van der Waals surface area (Å²) in [5.41, 5.74) is 0. The van der Waals surface area contributed by atoms with Crippen LogP contribution in [0.5, 0.6) is 0 Å². The monoisotopic (exact) mass is 473 g/mol. The average Bonchev–Trinajstić information content (AvgIpc) is 3.19. The van der Waals surface area contributed by atoms with Gasteiger partial charge in [0.15, 0.2) is 0 Å². The number of carbonyl (C=O) groups excluding carboxylic acids is 1. The predicted octanol–water partition coefficient (Wildman–Crippen LogP) is 2.99. The van der Waals surface area contributed by atoms with Crippen molar-refractivity contribution in [2.24, 2.45) is 5.92 Å². The fourth-order valence-corrected chi connectivity index (χ4v) is 6.64. The van der Waals surface area contributed by atoms with Gasteiger partial charge in [0.1, 0.15) is 6.54 Å². The number of aromatic nitrogens is 2. The van der Waals surface area contributed by atoms with E-state index in [4.69, 9.17) is 5.11 Å². The van der Waals surface area contributed by atoms with E-state index in [1.54, 1.807) is 0 Å². The van der Waals surface area contributed by atoms with Crippen LogP contribution >= 0.6 is 11.3 Å². The largest absolute Gasteiger partial charge is 0.480 e. The number of anilines is 1. The molecule has 0 unspecified atom stereocenters. The van der Waals surface area contributed by atoms with Crippen molar-refractivity contribution in [1.29, 1.82) is 0 Å². The van der Waals surface area contributed by atoms with E-state index in [1.807, 2.05) is 4.90 Å². The van der Waals surface area contributed by atoms with Crippen molar-refractivity contribution in [2.75, 3.05) is 18.9 Å². The zero-order chi connectivity index (χ0) is 22.6. The van der Waals surface area contributed by atoms with Crippen LogP contribution in [-0.2, 0) is 14.8 Å². The van der Waals surface area contributed by atoms with Crippen molar-refractivity contribution in [3.63, 3.8) is 0 Å². The molecular weight excluding hydrogens is 442 g/mol. The number of carboxylic acid groups (broad SMARTS) is 1. The van der Waals surface area contributed by atoms with E-state index >= 15 is 0 Å². The normalized spacial score (nSPS) is 22.9. The fourth-order valence-electron chi connectivity index (χ4n) is 4.44. The Labute approximate surface area is 187 Å². The number of amides is 2. The molecule has 2 fully saturated rings. The summed E-state index contributed by atoms with van der Waals surface area (Å²) >= 11 is 0.731. The standard InChI is InChI=1S/C19H31N5O5S2/c1-13-8-10-15(11-9-13)24(14-6-4-3-5-7-14)18(27)20-17-21-22-19(30-17)31(28,29)23(2)12-16(25)26/h13-15H,3-12H2,1-2H3,(H,25,26)(H,20,21,27). The summed E-state index contributed by atoms with van der Waals surface area (Å²) in [5.74, 6) is -0.597. The Balaban J connectivity index is 1.73. The molecule has 12 heteroatoms. The highest BCUT2D eigenvalue weighted by Gasteiger charge is 2.34. The number of hydrogen-bond donors (Lipinski definition) is 2. The summed E-state index contributed by atoms with van der Waals surface area (Å²) in [6, 6.07) is 0.104. The highest BCUT2D eigenvalue weighted by molar-refractivity contribution is 7.91. The van der Waals surface area contributed by atoms with Crippen molar-refractivity contribution < 1.29 is 23.1 Å². The van der Waals surface area contributed by atoms with Gasteiger partial charge in [-0.1, -0.05) is 37.5 Å². The van der Waals surface area contributed by atoms with Gasteiger partial charge >= 0.3 is 12.0 Å². The molecule has 0 saturated heterocycles. The Kier molecular flexibility index (Phi) is 7.87. The molecule has 2 amide bonds. The van der Waals surface area contributed by atoms with Crippen molar-refractivity contribution in [3.8, 4) is 0 Å². The number of likely N-dealkylation sites (N-methyl/N-ethyl adjacent to an activating group) is 1. The summed E-state index contributed by atoms with van der Waals surface area (Å²) < 4.78 is 25.3. The van der Waals surface area contributed by atoms with Gasteiger partial charge in [-0.15, -0.1) is 10.2 Å².